The van der Waals surface area contributed by atoms with Crippen molar-refractivity contribution < 1.29 is 9.18 Å². The molecule has 3 heterocycles. The number of nitrogens with zero attached hydrogens (tertiary/aromatic N) is 2. The van der Waals surface area contributed by atoms with Gasteiger partial charge in [-0.25, -0.2) is 4.39 Å². The molecule has 1 aromatic carbocycles. The Morgan fingerprint density at radius 1 is 1.17 bits per heavy atom. The maximum Gasteiger partial charge on any atom is 0.225 e. The van der Waals surface area contributed by atoms with Gasteiger partial charge >= 0.3 is 0 Å². The first-order valence-corrected chi connectivity index (χ1v) is 9.38. The van der Waals surface area contributed by atoms with Gasteiger partial charge in [0.1, 0.15) is 5.82 Å². The molecule has 3 aliphatic heterocycles. The fourth-order valence-corrected chi connectivity index (χ4v) is 4.50. The number of fused-ring (bicyclic) bond motifs is 4. The molecule has 1 saturated carbocycles. The van der Waals surface area contributed by atoms with Crippen LogP contribution in [0.3, 0.4) is 0 Å². The molecule has 5 rings (SSSR count). The highest BCUT2D eigenvalue weighted by Crippen LogP contribution is 2.33. The third-order valence-corrected chi connectivity index (χ3v) is 6.28. The fourth-order valence-electron chi connectivity index (χ4n) is 4.50. The topological polar surface area (TPSA) is 23.6 Å². The van der Waals surface area contributed by atoms with Gasteiger partial charge in [0.05, 0.1) is 0 Å². The zero-order valence-corrected chi connectivity index (χ0v) is 14.5. The number of rotatable bonds is 3. The third-order valence-electron chi connectivity index (χ3n) is 6.28. The first-order valence-electron chi connectivity index (χ1n) is 9.38. The van der Waals surface area contributed by atoms with Gasteiger partial charge < -0.3 is 4.90 Å². The van der Waals surface area contributed by atoms with Crippen molar-refractivity contribution in [1.29, 1.82) is 0 Å². The number of piperidine rings is 1. The molecule has 0 radical (unpaired) electrons. The predicted molar refractivity (Wildman–Crippen MR) is 92.0 cm³/mol. The SMILES string of the molecule is Cc1ccc(F)cc1CN1C[C@@H]2CC[C@H]1CN(C(=O)C1CCC1)C2. The molecular formula is C20H27FN2O. The highest BCUT2D eigenvalue weighted by molar-refractivity contribution is 5.79. The Morgan fingerprint density at radius 2 is 2.00 bits per heavy atom. The predicted octanol–water partition coefficient (Wildman–Crippen LogP) is 3.36. The number of carbonyl (C=O) groups excluding carboxylic acids is 1. The Balaban J connectivity index is 1.48. The molecule has 1 aliphatic carbocycles. The van der Waals surface area contributed by atoms with E-state index in [1.54, 1.807) is 6.07 Å². The van der Waals surface area contributed by atoms with E-state index in [2.05, 4.69) is 16.7 Å². The van der Waals surface area contributed by atoms with Crippen molar-refractivity contribution in [2.75, 3.05) is 19.6 Å². The quantitative estimate of drug-likeness (QED) is 0.848. The number of amides is 1. The van der Waals surface area contributed by atoms with Crippen molar-refractivity contribution in [3.8, 4) is 0 Å². The number of halogens is 1. The molecule has 3 saturated heterocycles. The molecule has 2 bridgehead atoms. The molecule has 3 nitrogen and oxygen atoms in total. The summed E-state index contributed by atoms with van der Waals surface area (Å²) < 4.78 is 13.6. The van der Waals surface area contributed by atoms with E-state index in [4.69, 9.17) is 0 Å². The fraction of sp³-hybridized carbons (Fsp3) is 0.650. The minimum absolute atomic E-state index is 0.155. The van der Waals surface area contributed by atoms with Gasteiger partial charge in [0.2, 0.25) is 5.91 Å². The molecule has 1 aromatic rings. The van der Waals surface area contributed by atoms with Crippen LogP contribution < -0.4 is 0 Å². The lowest BCUT2D eigenvalue weighted by molar-refractivity contribution is -0.138. The lowest BCUT2D eigenvalue weighted by atomic mass is 9.84. The minimum atomic E-state index is -0.155. The number of benzene rings is 1. The lowest BCUT2D eigenvalue weighted by Gasteiger charge is -2.36. The van der Waals surface area contributed by atoms with Gasteiger partial charge in [0, 0.05) is 38.1 Å². The van der Waals surface area contributed by atoms with Crippen LogP contribution in [0.2, 0.25) is 0 Å². The summed E-state index contributed by atoms with van der Waals surface area (Å²) in [6.07, 6.45) is 5.75. The van der Waals surface area contributed by atoms with E-state index >= 15 is 0 Å². The Bertz CT molecular complexity index is 628. The van der Waals surface area contributed by atoms with Crippen LogP contribution in [0, 0.1) is 24.6 Å². The van der Waals surface area contributed by atoms with Crippen LogP contribution in [0.5, 0.6) is 0 Å². The summed E-state index contributed by atoms with van der Waals surface area (Å²) in [7, 11) is 0. The largest absolute Gasteiger partial charge is 0.341 e. The molecule has 4 fully saturated rings. The molecule has 0 aromatic heterocycles. The Labute approximate surface area is 143 Å². The molecule has 4 heteroatoms. The normalized spacial score (nSPS) is 27.8. The third kappa shape index (κ3) is 3.08. The van der Waals surface area contributed by atoms with E-state index in [1.807, 2.05) is 6.07 Å². The monoisotopic (exact) mass is 330 g/mol. The molecule has 24 heavy (non-hydrogen) atoms. The summed E-state index contributed by atoms with van der Waals surface area (Å²) in [6, 6.07) is 5.50. The molecule has 1 amide bonds. The molecule has 0 unspecified atom stereocenters. The number of aryl methyl sites for hydroxylation is 1. The van der Waals surface area contributed by atoms with E-state index in [1.165, 1.54) is 18.9 Å². The van der Waals surface area contributed by atoms with E-state index < -0.39 is 0 Å². The van der Waals surface area contributed by atoms with Crippen LogP contribution in [0.1, 0.15) is 43.2 Å². The van der Waals surface area contributed by atoms with Crippen LogP contribution in [0.25, 0.3) is 0 Å². The van der Waals surface area contributed by atoms with Crippen LogP contribution in [-0.4, -0.2) is 41.4 Å². The van der Waals surface area contributed by atoms with Crippen molar-refractivity contribution in [2.45, 2.75) is 51.6 Å². The van der Waals surface area contributed by atoms with Crippen LogP contribution in [0.15, 0.2) is 18.2 Å². The zero-order chi connectivity index (χ0) is 16.7. The van der Waals surface area contributed by atoms with Crippen LogP contribution in [-0.2, 0) is 11.3 Å². The number of hydrogen-bond acceptors (Lipinski definition) is 2. The molecule has 4 aliphatic rings. The van der Waals surface area contributed by atoms with E-state index in [9.17, 15) is 9.18 Å². The second kappa shape index (κ2) is 6.47. The number of hydrogen-bond donors (Lipinski definition) is 0. The summed E-state index contributed by atoms with van der Waals surface area (Å²) in [6.45, 7) is 5.67. The summed E-state index contributed by atoms with van der Waals surface area (Å²) in [4.78, 5) is 17.3. The highest BCUT2D eigenvalue weighted by atomic mass is 19.1. The highest BCUT2D eigenvalue weighted by Gasteiger charge is 2.39. The first kappa shape index (κ1) is 16.1. The summed E-state index contributed by atoms with van der Waals surface area (Å²) in [5, 5.41) is 0. The summed E-state index contributed by atoms with van der Waals surface area (Å²) in [5.74, 6) is 1.10. The van der Waals surface area contributed by atoms with Crippen molar-refractivity contribution in [3.63, 3.8) is 0 Å². The average Bonchev–Trinajstić information content (AvgIpc) is 2.81. The smallest absolute Gasteiger partial charge is 0.225 e. The second-order valence-electron chi connectivity index (χ2n) is 7.97. The minimum Gasteiger partial charge on any atom is -0.341 e. The van der Waals surface area contributed by atoms with Gasteiger partial charge in [-0.3, -0.25) is 9.69 Å². The maximum atomic E-state index is 13.6. The summed E-state index contributed by atoms with van der Waals surface area (Å²) >= 11 is 0. The van der Waals surface area contributed by atoms with Gasteiger partial charge in [-0.1, -0.05) is 12.5 Å². The van der Waals surface area contributed by atoms with E-state index in [-0.39, 0.29) is 5.82 Å². The van der Waals surface area contributed by atoms with Gasteiger partial charge in [-0.05, 0) is 61.8 Å². The Kier molecular flexibility index (Phi) is 4.33. The average molecular weight is 330 g/mol. The maximum absolute atomic E-state index is 13.6. The summed E-state index contributed by atoms with van der Waals surface area (Å²) in [5.41, 5.74) is 2.23. The van der Waals surface area contributed by atoms with Crippen molar-refractivity contribution in [2.24, 2.45) is 11.8 Å². The molecule has 0 N–H and O–H groups in total. The van der Waals surface area contributed by atoms with Crippen molar-refractivity contribution in [1.82, 2.24) is 9.80 Å². The Morgan fingerprint density at radius 3 is 2.75 bits per heavy atom. The molecule has 130 valence electrons. The Hall–Kier alpha value is -1.42. The van der Waals surface area contributed by atoms with Crippen LogP contribution in [0.4, 0.5) is 4.39 Å². The van der Waals surface area contributed by atoms with Gasteiger partial charge in [0.15, 0.2) is 0 Å². The lowest BCUT2D eigenvalue weighted by Crippen LogP contribution is -2.45. The standard InChI is InChI=1S/C20H27FN2O/c1-14-5-7-18(21)9-17(14)12-22-10-15-6-8-19(22)13-23(11-15)20(24)16-3-2-4-16/h5,7,9,15-16,19H,2-4,6,8,10-13H2,1H3/t15-,19-/m0/s1. The number of carbonyl (C=O) groups is 1. The van der Waals surface area contributed by atoms with Gasteiger partial charge in [0.25, 0.3) is 0 Å². The van der Waals surface area contributed by atoms with Crippen molar-refractivity contribution >= 4 is 5.91 Å². The molecule has 0 spiro atoms. The van der Waals surface area contributed by atoms with Gasteiger partial charge in [-0.2, -0.15) is 0 Å². The van der Waals surface area contributed by atoms with E-state index in [0.717, 1.165) is 56.6 Å². The zero-order valence-electron chi connectivity index (χ0n) is 14.5. The van der Waals surface area contributed by atoms with Crippen molar-refractivity contribution in [3.05, 3.63) is 35.1 Å². The molecular weight excluding hydrogens is 303 g/mol. The van der Waals surface area contributed by atoms with E-state index in [0.29, 0.717) is 23.8 Å². The van der Waals surface area contributed by atoms with Gasteiger partial charge in [-0.15, -0.1) is 0 Å². The second-order valence-corrected chi connectivity index (χ2v) is 7.97. The van der Waals surface area contributed by atoms with Crippen LogP contribution >= 0.6 is 0 Å². The first-order chi connectivity index (χ1) is 11.6. The molecule has 2 atom stereocenters.